The van der Waals surface area contributed by atoms with E-state index in [1.54, 1.807) is 11.3 Å². The average Bonchev–Trinajstić information content (AvgIpc) is 2.82. The highest BCUT2D eigenvalue weighted by Crippen LogP contribution is 2.29. The van der Waals surface area contributed by atoms with Gasteiger partial charge in [-0.25, -0.2) is 4.98 Å². The van der Waals surface area contributed by atoms with E-state index in [-0.39, 0.29) is 0 Å². The van der Waals surface area contributed by atoms with E-state index >= 15 is 0 Å². The molecule has 1 aromatic carbocycles. The second-order valence-corrected chi connectivity index (χ2v) is 7.14. The molecule has 0 aliphatic heterocycles. The molecule has 1 aliphatic carbocycles. The Morgan fingerprint density at radius 3 is 2.78 bits per heavy atom. The van der Waals surface area contributed by atoms with Crippen molar-refractivity contribution >= 4 is 38.0 Å². The highest BCUT2D eigenvalue weighted by molar-refractivity contribution is 7.93. The van der Waals surface area contributed by atoms with E-state index in [0.29, 0.717) is 5.25 Å². The molecule has 1 unspecified atom stereocenters. The van der Waals surface area contributed by atoms with E-state index < -0.39 is 11.4 Å². The Morgan fingerprint density at radius 1 is 1.22 bits per heavy atom. The molecule has 0 saturated heterocycles. The molecule has 3 rings (SSSR count). The van der Waals surface area contributed by atoms with Gasteiger partial charge in [0.15, 0.2) is 0 Å². The SMILES string of the molecule is [O-][S+](Nc1nc2ccccc2s1)C1CCCCC1. The molecule has 1 atom stereocenters. The first-order chi connectivity index (χ1) is 8.83. The van der Waals surface area contributed by atoms with Crippen molar-refractivity contribution in [2.75, 3.05) is 4.72 Å². The van der Waals surface area contributed by atoms with Gasteiger partial charge in [0.2, 0.25) is 5.13 Å². The Hall–Kier alpha value is -0.780. The third-order valence-corrected chi connectivity index (χ3v) is 5.89. The highest BCUT2D eigenvalue weighted by Gasteiger charge is 2.26. The zero-order valence-electron chi connectivity index (χ0n) is 10.1. The molecule has 1 fully saturated rings. The van der Waals surface area contributed by atoms with E-state index in [4.69, 9.17) is 0 Å². The van der Waals surface area contributed by atoms with Crippen LogP contribution in [0.4, 0.5) is 5.13 Å². The van der Waals surface area contributed by atoms with Gasteiger partial charge in [-0.15, -0.1) is 0 Å². The summed E-state index contributed by atoms with van der Waals surface area (Å²) < 4.78 is 16.4. The van der Waals surface area contributed by atoms with E-state index in [1.165, 1.54) is 19.3 Å². The smallest absolute Gasteiger partial charge is 0.226 e. The average molecular weight is 280 g/mol. The lowest BCUT2D eigenvalue weighted by Gasteiger charge is -2.23. The number of hydrogen-bond acceptors (Lipinski definition) is 4. The third kappa shape index (κ3) is 2.63. The van der Waals surface area contributed by atoms with Gasteiger partial charge in [-0.3, -0.25) is 0 Å². The summed E-state index contributed by atoms with van der Waals surface area (Å²) in [4.78, 5) is 4.46. The van der Waals surface area contributed by atoms with Gasteiger partial charge in [0.1, 0.15) is 5.25 Å². The molecule has 18 heavy (non-hydrogen) atoms. The van der Waals surface area contributed by atoms with Crippen molar-refractivity contribution in [3.63, 3.8) is 0 Å². The maximum absolute atomic E-state index is 12.2. The third-order valence-electron chi connectivity index (χ3n) is 3.34. The lowest BCUT2D eigenvalue weighted by atomic mass is 10.0. The predicted molar refractivity (Wildman–Crippen MR) is 78.3 cm³/mol. The van der Waals surface area contributed by atoms with Crippen LogP contribution < -0.4 is 4.72 Å². The number of nitrogens with one attached hydrogen (secondary N) is 1. The van der Waals surface area contributed by atoms with Gasteiger partial charge >= 0.3 is 0 Å². The number of anilines is 1. The number of thiazole rings is 1. The molecule has 1 heterocycles. The monoisotopic (exact) mass is 280 g/mol. The van der Waals surface area contributed by atoms with Gasteiger partial charge < -0.3 is 4.55 Å². The molecule has 1 saturated carbocycles. The van der Waals surface area contributed by atoms with Crippen LogP contribution in [-0.4, -0.2) is 14.8 Å². The van der Waals surface area contributed by atoms with Crippen molar-refractivity contribution in [3.05, 3.63) is 24.3 Å². The minimum absolute atomic E-state index is 0.297. The molecular formula is C13H16N2OS2. The summed E-state index contributed by atoms with van der Waals surface area (Å²) in [7, 11) is 0. The summed E-state index contributed by atoms with van der Waals surface area (Å²) in [5, 5.41) is 1.07. The molecule has 0 spiro atoms. The number of para-hydroxylation sites is 1. The standard InChI is InChI=1S/C13H16N2OS2/c16-18(10-6-2-1-3-7-10)15-13-14-11-8-4-5-9-12(11)17-13/h4-5,8-10H,1-3,6-7H2,(H,14,15). The summed E-state index contributed by atoms with van der Waals surface area (Å²) >= 11 is 0.588. The number of benzene rings is 1. The van der Waals surface area contributed by atoms with Crippen LogP contribution in [0, 0.1) is 0 Å². The molecular weight excluding hydrogens is 264 g/mol. The number of aromatic nitrogens is 1. The minimum atomic E-state index is -0.986. The number of rotatable bonds is 3. The Bertz CT molecular complexity index is 489. The van der Waals surface area contributed by atoms with Gasteiger partial charge in [-0.2, -0.15) is 4.72 Å². The Kier molecular flexibility index (Phi) is 3.72. The molecule has 5 heteroatoms. The van der Waals surface area contributed by atoms with Crippen molar-refractivity contribution in [1.29, 1.82) is 0 Å². The zero-order valence-corrected chi connectivity index (χ0v) is 11.7. The Balaban J connectivity index is 1.71. The van der Waals surface area contributed by atoms with Crippen molar-refractivity contribution in [2.45, 2.75) is 37.4 Å². The van der Waals surface area contributed by atoms with Gasteiger partial charge in [0.05, 0.1) is 21.6 Å². The van der Waals surface area contributed by atoms with E-state index in [1.807, 2.05) is 24.3 Å². The van der Waals surface area contributed by atoms with Gasteiger partial charge in [0.25, 0.3) is 0 Å². The van der Waals surface area contributed by atoms with Gasteiger partial charge in [-0.05, 0) is 37.8 Å². The maximum atomic E-state index is 12.2. The van der Waals surface area contributed by atoms with E-state index in [0.717, 1.165) is 28.2 Å². The highest BCUT2D eigenvalue weighted by atomic mass is 32.2. The second kappa shape index (κ2) is 5.47. The van der Waals surface area contributed by atoms with Crippen molar-refractivity contribution < 1.29 is 4.55 Å². The van der Waals surface area contributed by atoms with Crippen LogP contribution in [0.5, 0.6) is 0 Å². The first kappa shape index (κ1) is 12.3. The normalized spacial score (nSPS) is 18.9. The predicted octanol–water partition coefficient (Wildman–Crippen LogP) is 3.70. The molecule has 1 aromatic heterocycles. The quantitative estimate of drug-likeness (QED) is 0.872. The Labute approximate surface area is 114 Å². The number of hydrogen-bond donors (Lipinski definition) is 1. The molecule has 0 radical (unpaired) electrons. The zero-order chi connectivity index (χ0) is 12.4. The number of nitrogens with zero attached hydrogens (tertiary/aromatic N) is 1. The largest absolute Gasteiger partial charge is 0.593 e. The molecule has 3 nitrogen and oxygen atoms in total. The lowest BCUT2D eigenvalue weighted by molar-refractivity contribution is 0.486. The lowest BCUT2D eigenvalue weighted by Crippen LogP contribution is -2.29. The fourth-order valence-electron chi connectivity index (χ4n) is 2.36. The molecule has 96 valence electrons. The first-order valence-electron chi connectivity index (χ1n) is 6.36. The van der Waals surface area contributed by atoms with Crippen molar-refractivity contribution in [2.24, 2.45) is 0 Å². The van der Waals surface area contributed by atoms with Crippen LogP contribution in [0.25, 0.3) is 10.2 Å². The fraction of sp³-hybridized carbons (Fsp3) is 0.462. The number of fused-ring (bicyclic) bond motifs is 1. The second-order valence-electron chi connectivity index (χ2n) is 4.65. The summed E-state index contributed by atoms with van der Waals surface area (Å²) in [6.45, 7) is 0. The summed E-state index contributed by atoms with van der Waals surface area (Å²) in [6.07, 6.45) is 5.85. The van der Waals surface area contributed by atoms with Crippen molar-refractivity contribution in [3.8, 4) is 0 Å². The molecule has 0 amide bonds. The van der Waals surface area contributed by atoms with E-state index in [9.17, 15) is 4.55 Å². The van der Waals surface area contributed by atoms with Gasteiger partial charge in [0, 0.05) is 0 Å². The summed E-state index contributed by atoms with van der Waals surface area (Å²) in [6, 6.07) is 8.01. The van der Waals surface area contributed by atoms with Crippen molar-refractivity contribution in [1.82, 2.24) is 4.98 Å². The van der Waals surface area contributed by atoms with Crippen LogP contribution in [0.3, 0.4) is 0 Å². The summed E-state index contributed by atoms with van der Waals surface area (Å²) in [5.74, 6) is 0. The van der Waals surface area contributed by atoms with Crippen LogP contribution in [-0.2, 0) is 11.4 Å². The van der Waals surface area contributed by atoms with E-state index in [2.05, 4.69) is 9.71 Å². The maximum Gasteiger partial charge on any atom is 0.226 e. The molecule has 1 aliphatic rings. The Morgan fingerprint density at radius 2 is 2.00 bits per heavy atom. The van der Waals surface area contributed by atoms with Crippen LogP contribution >= 0.6 is 11.3 Å². The topological polar surface area (TPSA) is 48.0 Å². The minimum Gasteiger partial charge on any atom is -0.593 e. The van der Waals surface area contributed by atoms with Crippen LogP contribution in [0.2, 0.25) is 0 Å². The van der Waals surface area contributed by atoms with Crippen LogP contribution in [0.1, 0.15) is 32.1 Å². The molecule has 1 N–H and O–H groups in total. The van der Waals surface area contributed by atoms with Gasteiger partial charge in [-0.1, -0.05) is 29.9 Å². The molecule has 2 aromatic rings. The summed E-state index contributed by atoms with van der Waals surface area (Å²) in [5.41, 5.74) is 0.977. The molecule has 0 bridgehead atoms. The fourth-order valence-corrected chi connectivity index (χ4v) is 4.64. The van der Waals surface area contributed by atoms with Crippen LogP contribution in [0.15, 0.2) is 24.3 Å². The first-order valence-corrected chi connectivity index (χ1v) is 8.39.